The van der Waals surface area contributed by atoms with Gasteiger partial charge in [0.2, 0.25) is 11.5 Å². The largest absolute Gasteiger partial charge is 0.457 e. The third kappa shape index (κ3) is 8.02. The highest BCUT2D eigenvalue weighted by Gasteiger charge is 2.31. The first-order valence-corrected chi connectivity index (χ1v) is 22.6. The van der Waals surface area contributed by atoms with Gasteiger partial charge in [-0.1, -0.05) is 75.8 Å². The number of furan rings is 1. The van der Waals surface area contributed by atoms with Gasteiger partial charge in [-0.2, -0.15) is 21.4 Å². The molecule has 0 saturated heterocycles. The number of nitrogens with zero attached hydrogens (tertiary/aromatic N) is 2. The zero-order chi connectivity index (χ0) is 38.5. The molecule has 0 bridgehead atoms. The van der Waals surface area contributed by atoms with Crippen LogP contribution in [0.5, 0.6) is 5.75 Å². The summed E-state index contributed by atoms with van der Waals surface area (Å²) in [5.74, 6) is 0.983. The third-order valence-electron chi connectivity index (χ3n) is 10.3. The molecule has 1 aliphatic heterocycles. The molecule has 1 aliphatic carbocycles. The molecule has 284 valence electrons. The molecule has 0 saturated carbocycles. The second-order valence-corrected chi connectivity index (χ2v) is 19.4. The van der Waals surface area contributed by atoms with E-state index < -0.39 is 25.5 Å². The van der Waals surface area contributed by atoms with Crippen molar-refractivity contribution in [3.63, 3.8) is 0 Å². The number of fused-ring (bicyclic) bond motifs is 6. The Hall–Kier alpha value is -4.31. The Morgan fingerprint density at radius 3 is 2.53 bits per heavy atom. The molecular formula is C41H38BrN2O8S3+. The molecule has 4 aromatic carbocycles. The van der Waals surface area contributed by atoms with Crippen molar-refractivity contribution < 1.29 is 39.7 Å². The highest BCUT2D eigenvalue weighted by molar-refractivity contribution is 9.10. The smallest absolute Gasteiger partial charge is 0.267 e. The van der Waals surface area contributed by atoms with Crippen LogP contribution in [0.1, 0.15) is 49.1 Å². The topological polar surface area (TPSA) is 138 Å². The average Bonchev–Trinajstić information content (AvgIpc) is 3.85. The van der Waals surface area contributed by atoms with Crippen molar-refractivity contribution in [2.24, 2.45) is 0 Å². The van der Waals surface area contributed by atoms with Crippen LogP contribution in [0.25, 0.3) is 38.0 Å². The van der Waals surface area contributed by atoms with Crippen LogP contribution in [0.3, 0.4) is 0 Å². The van der Waals surface area contributed by atoms with Crippen molar-refractivity contribution in [3.05, 3.63) is 129 Å². The molecule has 2 atom stereocenters. The Bertz CT molecular complexity index is 2770. The lowest BCUT2D eigenvalue weighted by molar-refractivity contribution is -0.668. The number of rotatable bonds is 11. The quantitative estimate of drug-likeness (QED) is 0.0964. The molecule has 2 N–H and O–H groups in total. The van der Waals surface area contributed by atoms with Gasteiger partial charge in [-0.05, 0) is 90.6 Å². The predicted molar refractivity (Wildman–Crippen MR) is 221 cm³/mol. The van der Waals surface area contributed by atoms with Crippen molar-refractivity contribution in [2.45, 2.75) is 50.3 Å². The first-order valence-electron chi connectivity index (χ1n) is 17.9. The van der Waals surface area contributed by atoms with Crippen LogP contribution in [0.2, 0.25) is 0 Å². The first-order chi connectivity index (χ1) is 26.3. The predicted octanol–water partition coefficient (Wildman–Crippen LogP) is 9.42. The molecule has 0 fully saturated rings. The van der Waals surface area contributed by atoms with Crippen LogP contribution < -0.4 is 14.2 Å². The second kappa shape index (κ2) is 15.0. The molecule has 2 aromatic heterocycles. The second-order valence-electron chi connectivity index (χ2n) is 14.1. The number of hydrogen-bond acceptors (Lipinski definition) is 8. The molecule has 3 heterocycles. The number of halogens is 1. The van der Waals surface area contributed by atoms with Crippen molar-refractivity contribution >= 4 is 91.2 Å². The van der Waals surface area contributed by atoms with E-state index in [9.17, 15) is 25.9 Å². The molecular weight excluding hydrogens is 825 g/mol. The Kier molecular flexibility index (Phi) is 10.2. The highest BCUT2D eigenvalue weighted by Crippen LogP contribution is 2.46. The summed E-state index contributed by atoms with van der Waals surface area (Å²) in [5, 5.41) is 2.91. The number of ether oxygens (including phenoxy) is 1. The summed E-state index contributed by atoms with van der Waals surface area (Å²) >= 11 is 5.17. The fraction of sp³-hybridized carbons (Fsp3) is 0.244. The fourth-order valence-electron chi connectivity index (χ4n) is 7.50. The van der Waals surface area contributed by atoms with Crippen LogP contribution in [-0.4, -0.2) is 43.5 Å². The maximum atomic E-state index is 12.0. The van der Waals surface area contributed by atoms with E-state index in [0.29, 0.717) is 31.1 Å². The van der Waals surface area contributed by atoms with E-state index in [1.165, 1.54) is 12.5 Å². The lowest BCUT2D eigenvalue weighted by atomic mass is 9.81. The average molecular weight is 863 g/mol. The Labute approximate surface area is 331 Å². The minimum absolute atomic E-state index is 0.118. The van der Waals surface area contributed by atoms with Crippen molar-refractivity contribution in [1.82, 2.24) is 0 Å². The molecule has 0 amide bonds. The SMILES string of the molecule is CC(CC[n+]1c(/C=C2C=C(/C=C3\Oc4ccc5ccccc5c4N3CCCS(=O)(=O)O)CC(c3ccc(Br)cc3)C/2)sc2ccc3ccoc3c21)S(=O)(=O)O. The van der Waals surface area contributed by atoms with Gasteiger partial charge in [0.05, 0.1) is 23.0 Å². The minimum Gasteiger partial charge on any atom is -0.457 e. The lowest BCUT2D eigenvalue weighted by Gasteiger charge is -2.25. The van der Waals surface area contributed by atoms with E-state index >= 15 is 0 Å². The standard InChI is InChI=1S/C41H37BrN2O8S3/c1-26(55(48,49)50)15-18-44-38(53-36-14-10-31-16-19-51-41(31)40(36)44)25-28-21-27(22-32(23-28)29-7-11-33(42)12-8-29)24-37-43(17-4-20-54(45,46)47)39-34-6-3-2-5-30(34)9-13-35(39)52-37/h2-3,5-14,16,19,21,24-26,32H,4,15,17-18,20,22-23H2,1H3,(H-,45,46,47,48,49,50)/p+1. The molecule has 10 nitrogen and oxygen atoms in total. The van der Waals surface area contributed by atoms with E-state index in [-0.39, 0.29) is 24.5 Å². The normalized spacial score (nSPS) is 18.4. The summed E-state index contributed by atoms with van der Waals surface area (Å²) in [7, 11) is -8.37. The number of anilines is 1. The van der Waals surface area contributed by atoms with Crippen molar-refractivity contribution in [1.29, 1.82) is 0 Å². The highest BCUT2D eigenvalue weighted by atomic mass is 79.9. The Morgan fingerprint density at radius 1 is 0.964 bits per heavy atom. The van der Waals surface area contributed by atoms with Gasteiger partial charge in [0.15, 0.2) is 12.3 Å². The van der Waals surface area contributed by atoms with Gasteiger partial charge in [0, 0.05) is 40.4 Å². The van der Waals surface area contributed by atoms with Gasteiger partial charge < -0.3 is 14.1 Å². The van der Waals surface area contributed by atoms with E-state index in [2.05, 4.69) is 50.8 Å². The molecule has 2 aliphatic rings. The maximum Gasteiger partial charge on any atom is 0.267 e. The Morgan fingerprint density at radius 2 is 1.75 bits per heavy atom. The van der Waals surface area contributed by atoms with Gasteiger partial charge in [0.1, 0.15) is 4.70 Å². The minimum atomic E-state index is -4.22. The summed E-state index contributed by atoms with van der Waals surface area (Å²) in [4.78, 5) is 2.00. The fourth-order valence-corrected chi connectivity index (χ4v) is 9.82. The zero-order valence-electron chi connectivity index (χ0n) is 29.8. The molecule has 2 unspecified atom stereocenters. The van der Waals surface area contributed by atoms with E-state index in [1.807, 2.05) is 71.6 Å². The molecule has 55 heavy (non-hydrogen) atoms. The number of hydrogen-bond donors (Lipinski definition) is 2. The van der Waals surface area contributed by atoms with E-state index in [4.69, 9.17) is 9.15 Å². The first kappa shape index (κ1) is 37.6. The van der Waals surface area contributed by atoms with E-state index in [1.54, 1.807) is 17.6 Å². The monoisotopic (exact) mass is 861 g/mol. The van der Waals surface area contributed by atoms with Gasteiger partial charge in [-0.15, -0.1) is 0 Å². The number of aryl methyl sites for hydroxylation is 1. The van der Waals surface area contributed by atoms with Crippen LogP contribution in [0.15, 0.2) is 123 Å². The third-order valence-corrected chi connectivity index (χ3v) is 14.0. The molecule has 0 spiro atoms. The maximum absolute atomic E-state index is 12.0. The van der Waals surface area contributed by atoms with Crippen LogP contribution in [0, 0.1) is 0 Å². The summed E-state index contributed by atoms with van der Waals surface area (Å²) in [6, 6.07) is 26.2. The summed E-state index contributed by atoms with van der Waals surface area (Å²) in [6.45, 7) is 2.16. The Balaban J connectivity index is 1.24. The van der Waals surface area contributed by atoms with Crippen LogP contribution in [0.4, 0.5) is 5.69 Å². The molecule has 6 aromatic rings. The van der Waals surface area contributed by atoms with Gasteiger partial charge in [0.25, 0.3) is 30.8 Å². The van der Waals surface area contributed by atoms with Crippen molar-refractivity contribution in [3.8, 4) is 5.75 Å². The number of thiazole rings is 1. The summed E-state index contributed by atoms with van der Waals surface area (Å²) < 4.78 is 83.3. The summed E-state index contributed by atoms with van der Waals surface area (Å²) in [6.07, 6.45) is 9.85. The van der Waals surface area contributed by atoms with E-state index in [0.717, 1.165) is 64.7 Å². The summed E-state index contributed by atoms with van der Waals surface area (Å²) in [5.41, 5.74) is 5.69. The van der Waals surface area contributed by atoms with Crippen molar-refractivity contribution in [2.75, 3.05) is 17.2 Å². The molecule has 8 rings (SSSR count). The molecule has 0 radical (unpaired) electrons. The van der Waals surface area contributed by atoms with Gasteiger partial charge in [-0.3, -0.25) is 9.11 Å². The van der Waals surface area contributed by atoms with Gasteiger partial charge in [-0.25, -0.2) is 0 Å². The van der Waals surface area contributed by atoms with Crippen LogP contribution >= 0.6 is 27.3 Å². The number of aromatic nitrogens is 1. The van der Waals surface area contributed by atoms with Crippen LogP contribution in [-0.2, 0) is 26.8 Å². The lowest BCUT2D eigenvalue weighted by Crippen LogP contribution is -2.37. The zero-order valence-corrected chi connectivity index (χ0v) is 33.8. The molecule has 14 heteroatoms. The van der Waals surface area contributed by atoms with Gasteiger partial charge >= 0.3 is 0 Å². The number of allylic oxidation sites excluding steroid dienone is 4. The number of benzene rings is 4.